The van der Waals surface area contributed by atoms with Gasteiger partial charge in [-0.2, -0.15) is 13.2 Å². The molecule has 0 saturated carbocycles. The van der Waals surface area contributed by atoms with Gasteiger partial charge in [0.05, 0.1) is 14.2 Å². The van der Waals surface area contributed by atoms with E-state index in [1.165, 1.54) is 27.3 Å². The summed E-state index contributed by atoms with van der Waals surface area (Å²) >= 11 is 0. The van der Waals surface area contributed by atoms with Crippen molar-refractivity contribution >= 4 is 0 Å². The van der Waals surface area contributed by atoms with Crippen molar-refractivity contribution in [2.45, 2.75) is 11.8 Å². The van der Waals surface area contributed by atoms with Crippen molar-refractivity contribution in [3.8, 4) is 11.5 Å². The number of methoxy groups -OCH3 is 2. The van der Waals surface area contributed by atoms with Crippen LogP contribution < -0.4 is 14.8 Å². The van der Waals surface area contributed by atoms with E-state index in [-0.39, 0.29) is 11.3 Å². The maximum Gasteiger partial charge on any atom is 0.422 e. The first kappa shape index (κ1) is 15.6. The van der Waals surface area contributed by atoms with Crippen LogP contribution in [0.2, 0.25) is 0 Å². The minimum atomic E-state index is -4.81. The molecule has 0 aliphatic heterocycles. The maximum atomic E-state index is 13.0. The standard InChI is InChI=1S/C12H16F3NO3/c1-16-7-11(17,12(13,14)15)8-4-5-9(18-2)10(6-8)19-3/h4-6,16-17H,7H2,1-3H3. The van der Waals surface area contributed by atoms with Gasteiger partial charge in [0.2, 0.25) is 0 Å². The lowest BCUT2D eigenvalue weighted by atomic mass is 9.92. The number of aliphatic hydroxyl groups is 1. The lowest BCUT2D eigenvalue weighted by Gasteiger charge is -2.31. The summed E-state index contributed by atoms with van der Waals surface area (Å²) in [4.78, 5) is 0. The highest BCUT2D eigenvalue weighted by Crippen LogP contribution is 2.41. The van der Waals surface area contributed by atoms with E-state index in [4.69, 9.17) is 9.47 Å². The first-order valence-electron chi connectivity index (χ1n) is 5.46. The number of likely N-dealkylation sites (N-methyl/N-ethyl adjacent to an activating group) is 1. The van der Waals surface area contributed by atoms with Gasteiger partial charge in [0, 0.05) is 6.54 Å². The van der Waals surface area contributed by atoms with Crippen LogP contribution in [-0.2, 0) is 5.60 Å². The number of hydrogen-bond donors (Lipinski definition) is 2. The third-order valence-electron chi connectivity index (χ3n) is 2.76. The van der Waals surface area contributed by atoms with Gasteiger partial charge < -0.3 is 19.9 Å². The van der Waals surface area contributed by atoms with E-state index in [9.17, 15) is 18.3 Å². The topological polar surface area (TPSA) is 50.7 Å². The number of alkyl halides is 3. The summed E-state index contributed by atoms with van der Waals surface area (Å²) in [5.74, 6) is 0.416. The quantitative estimate of drug-likeness (QED) is 0.861. The fraction of sp³-hybridized carbons (Fsp3) is 0.500. The van der Waals surface area contributed by atoms with Gasteiger partial charge in [-0.15, -0.1) is 0 Å². The highest BCUT2D eigenvalue weighted by molar-refractivity contribution is 5.45. The van der Waals surface area contributed by atoms with Crippen molar-refractivity contribution < 1.29 is 27.8 Å². The zero-order valence-electron chi connectivity index (χ0n) is 10.8. The molecule has 0 spiro atoms. The highest BCUT2D eigenvalue weighted by atomic mass is 19.4. The Bertz CT molecular complexity index is 437. The van der Waals surface area contributed by atoms with Crippen LogP contribution in [0.15, 0.2) is 18.2 Å². The molecule has 2 N–H and O–H groups in total. The lowest BCUT2D eigenvalue weighted by Crippen LogP contribution is -2.49. The van der Waals surface area contributed by atoms with Crippen molar-refractivity contribution in [2.24, 2.45) is 0 Å². The Kier molecular flexibility index (Phi) is 4.65. The molecule has 1 unspecified atom stereocenters. The predicted octanol–water partition coefficient (Wildman–Crippen LogP) is 1.67. The molecule has 108 valence electrons. The normalized spacial score (nSPS) is 14.9. The molecule has 19 heavy (non-hydrogen) atoms. The van der Waals surface area contributed by atoms with Crippen molar-refractivity contribution in [2.75, 3.05) is 27.8 Å². The molecule has 0 aliphatic carbocycles. The van der Waals surface area contributed by atoms with Crippen molar-refractivity contribution in [3.63, 3.8) is 0 Å². The first-order valence-corrected chi connectivity index (χ1v) is 5.46. The molecule has 7 heteroatoms. The van der Waals surface area contributed by atoms with Crippen LogP contribution in [0.1, 0.15) is 5.56 Å². The van der Waals surface area contributed by atoms with Crippen LogP contribution in [0.3, 0.4) is 0 Å². The minimum Gasteiger partial charge on any atom is -0.493 e. The van der Waals surface area contributed by atoms with E-state index < -0.39 is 18.3 Å². The van der Waals surface area contributed by atoms with E-state index in [2.05, 4.69) is 5.32 Å². The summed E-state index contributed by atoms with van der Waals surface area (Å²) < 4.78 is 49.0. The molecular weight excluding hydrogens is 263 g/mol. The van der Waals surface area contributed by atoms with Gasteiger partial charge in [-0.05, 0) is 24.7 Å². The molecule has 0 amide bonds. The molecule has 1 aromatic rings. The molecule has 0 aliphatic rings. The molecule has 0 saturated heterocycles. The Morgan fingerprint density at radius 1 is 1.16 bits per heavy atom. The lowest BCUT2D eigenvalue weighted by molar-refractivity contribution is -0.264. The van der Waals surface area contributed by atoms with Crippen LogP contribution in [0.5, 0.6) is 11.5 Å². The molecule has 4 nitrogen and oxygen atoms in total. The second-order valence-electron chi connectivity index (χ2n) is 3.96. The van der Waals surface area contributed by atoms with Gasteiger partial charge >= 0.3 is 6.18 Å². The van der Waals surface area contributed by atoms with Gasteiger partial charge in [-0.1, -0.05) is 6.07 Å². The highest BCUT2D eigenvalue weighted by Gasteiger charge is 2.54. The number of halogens is 3. The Hall–Kier alpha value is -1.47. The summed E-state index contributed by atoms with van der Waals surface area (Å²) in [6.45, 7) is -0.661. The van der Waals surface area contributed by atoms with E-state index in [1.807, 2.05) is 0 Å². The number of hydrogen-bond acceptors (Lipinski definition) is 4. The smallest absolute Gasteiger partial charge is 0.422 e. The van der Waals surface area contributed by atoms with Crippen LogP contribution in [-0.4, -0.2) is 39.1 Å². The summed E-state index contributed by atoms with van der Waals surface area (Å²) in [6.07, 6.45) is -4.81. The number of rotatable bonds is 5. The molecular formula is C12H16F3NO3. The van der Waals surface area contributed by atoms with Gasteiger partial charge in [0.25, 0.3) is 0 Å². The average Bonchev–Trinajstić information content (AvgIpc) is 2.36. The maximum absolute atomic E-state index is 13.0. The van der Waals surface area contributed by atoms with E-state index in [0.717, 1.165) is 12.1 Å². The zero-order valence-corrected chi connectivity index (χ0v) is 10.8. The Morgan fingerprint density at radius 3 is 2.16 bits per heavy atom. The number of ether oxygens (including phenoxy) is 2. The third-order valence-corrected chi connectivity index (χ3v) is 2.76. The molecule has 0 aromatic heterocycles. The summed E-state index contributed by atoms with van der Waals surface area (Å²) in [6, 6.07) is 3.59. The van der Waals surface area contributed by atoms with Crippen molar-refractivity contribution in [1.82, 2.24) is 5.32 Å². The number of benzene rings is 1. The molecule has 1 aromatic carbocycles. The van der Waals surface area contributed by atoms with Crippen molar-refractivity contribution in [1.29, 1.82) is 0 Å². The second kappa shape index (κ2) is 5.66. The summed E-state index contributed by atoms with van der Waals surface area (Å²) in [7, 11) is 4.02. The Morgan fingerprint density at radius 2 is 1.74 bits per heavy atom. The van der Waals surface area contributed by atoms with E-state index in [0.29, 0.717) is 5.75 Å². The number of nitrogens with one attached hydrogen (secondary N) is 1. The second-order valence-corrected chi connectivity index (χ2v) is 3.96. The van der Waals surface area contributed by atoms with Crippen LogP contribution in [0, 0.1) is 0 Å². The monoisotopic (exact) mass is 279 g/mol. The van der Waals surface area contributed by atoms with E-state index >= 15 is 0 Å². The fourth-order valence-corrected chi connectivity index (χ4v) is 1.72. The van der Waals surface area contributed by atoms with Gasteiger partial charge in [0.15, 0.2) is 17.1 Å². The fourth-order valence-electron chi connectivity index (χ4n) is 1.72. The minimum absolute atomic E-state index is 0.124. The van der Waals surface area contributed by atoms with Crippen LogP contribution >= 0.6 is 0 Å². The molecule has 0 bridgehead atoms. The Labute approximate surface area is 109 Å². The van der Waals surface area contributed by atoms with Crippen LogP contribution in [0.25, 0.3) is 0 Å². The molecule has 0 heterocycles. The van der Waals surface area contributed by atoms with Gasteiger partial charge in [-0.25, -0.2) is 0 Å². The van der Waals surface area contributed by atoms with Crippen molar-refractivity contribution in [3.05, 3.63) is 23.8 Å². The van der Waals surface area contributed by atoms with Gasteiger partial charge in [0.1, 0.15) is 0 Å². The molecule has 0 fully saturated rings. The molecule has 1 atom stereocenters. The molecule has 1 rings (SSSR count). The van der Waals surface area contributed by atoms with Gasteiger partial charge in [-0.3, -0.25) is 0 Å². The summed E-state index contributed by atoms with van der Waals surface area (Å²) in [5.41, 5.74) is -3.30. The zero-order chi connectivity index (χ0) is 14.7. The van der Waals surface area contributed by atoms with Crippen LogP contribution in [0.4, 0.5) is 13.2 Å². The third kappa shape index (κ3) is 2.93. The first-order chi connectivity index (χ1) is 8.80. The Balaban J connectivity index is 3.32. The SMILES string of the molecule is CNCC(O)(c1ccc(OC)c(OC)c1)C(F)(F)F. The summed E-state index contributed by atoms with van der Waals surface area (Å²) in [5, 5.41) is 12.3. The average molecular weight is 279 g/mol. The largest absolute Gasteiger partial charge is 0.493 e. The molecule has 0 radical (unpaired) electrons. The predicted molar refractivity (Wildman–Crippen MR) is 63.4 cm³/mol. The van der Waals surface area contributed by atoms with E-state index in [1.54, 1.807) is 0 Å².